The number of nitrogens with zero attached hydrogens (tertiary/aromatic N) is 4. The number of aryl methyl sites for hydroxylation is 1. The summed E-state index contributed by atoms with van der Waals surface area (Å²) in [7, 11) is 0. The Bertz CT molecular complexity index is 1460. The van der Waals surface area contributed by atoms with Crippen LogP contribution < -0.4 is 4.74 Å². The number of benzene rings is 2. The Morgan fingerprint density at radius 2 is 1.81 bits per heavy atom. The van der Waals surface area contributed by atoms with Gasteiger partial charge in [0.05, 0.1) is 17.5 Å². The highest BCUT2D eigenvalue weighted by Crippen LogP contribution is 2.33. The van der Waals surface area contributed by atoms with E-state index in [0.717, 1.165) is 27.5 Å². The van der Waals surface area contributed by atoms with Crippen molar-refractivity contribution in [2.75, 3.05) is 6.54 Å². The predicted molar refractivity (Wildman–Crippen MR) is 143 cm³/mol. The zero-order valence-electron chi connectivity index (χ0n) is 21.8. The lowest BCUT2D eigenvalue weighted by Crippen LogP contribution is -2.43. The summed E-state index contributed by atoms with van der Waals surface area (Å²) >= 11 is 0. The molecule has 37 heavy (non-hydrogen) atoms. The van der Waals surface area contributed by atoms with Gasteiger partial charge in [0, 0.05) is 29.4 Å². The number of imide groups is 1. The minimum absolute atomic E-state index is 0.0117. The van der Waals surface area contributed by atoms with Gasteiger partial charge in [-0.25, -0.2) is 4.68 Å². The number of aromatic nitrogens is 2. The maximum Gasteiger partial charge on any atom is 0.271 e. The third-order valence-electron chi connectivity index (χ3n) is 6.15. The first kappa shape index (κ1) is 25.6. The van der Waals surface area contributed by atoms with Gasteiger partial charge in [-0.1, -0.05) is 25.1 Å². The molecule has 0 bridgehead atoms. The van der Waals surface area contributed by atoms with Crippen LogP contribution in [-0.4, -0.2) is 39.1 Å². The van der Waals surface area contributed by atoms with Gasteiger partial charge in [0.25, 0.3) is 11.8 Å². The molecule has 2 heterocycles. The van der Waals surface area contributed by atoms with E-state index < -0.39 is 11.8 Å². The third-order valence-corrected chi connectivity index (χ3v) is 6.15. The molecule has 0 fully saturated rings. The second kappa shape index (κ2) is 10.7. The molecule has 0 saturated heterocycles. The average Bonchev–Trinajstić information content (AvgIpc) is 3.30. The molecule has 0 N–H and O–H groups in total. The van der Waals surface area contributed by atoms with E-state index in [-0.39, 0.29) is 18.2 Å². The van der Waals surface area contributed by atoms with Crippen LogP contribution in [0.2, 0.25) is 0 Å². The molecule has 2 aromatic carbocycles. The minimum Gasteiger partial charge on any atom is -0.491 e. The molecule has 1 aliphatic heterocycles. The molecular weight excluding hydrogens is 464 g/mol. The van der Waals surface area contributed by atoms with Crippen molar-refractivity contribution < 1.29 is 14.3 Å². The number of para-hydroxylation sites is 1. The maximum absolute atomic E-state index is 13.4. The maximum atomic E-state index is 13.4. The summed E-state index contributed by atoms with van der Waals surface area (Å²) in [6.07, 6.45) is 4.25. The molecule has 4 rings (SSSR count). The Morgan fingerprint density at radius 3 is 2.43 bits per heavy atom. The van der Waals surface area contributed by atoms with Crippen LogP contribution in [0, 0.1) is 18.3 Å². The van der Waals surface area contributed by atoms with E-state index in [4.69, 9.17) is 9.84 Å². The summed E-state index contributed by atoms with van der Waals surface area (Å²) < 4.78 is 7.67. The van der Waals surface area contributed by atoms with Gasteiger partial charge in [0.15, 0.2) is 0 Å². The van der Waals surface area contributed by atoms with Gasteiger partial charge in [-0.15, -0.1) is 0 Å². The SMILES string of the molecule is CCCN1C(=O)C(C#N)=C(C)/C(=C\c2cn(-c3ccccc3)nc2-c2ccc(OC(C)C)c(C)c2)C1=O. The van der Waals surface area contributed by atoms with Crippen LogP contribution in [0.3, 0.4) is 0 Å². The topological polar surface area (TPSA) is 88.2 Å². The Kier molecular flexibility index (Phi) is 7.40. The van der Waals surface area contributed by atoms with Crippen molar-refractivity contribution in [3.63, 3.8) is 0 Å². The molecule has 3 aromatic rings. The Hall–Kier alpha value is -4.44. The first-order valence-corrected chi connectivity index (χ1v) is 12.4. The standard InChI is InChI=1S/C30H30N4O3/c1-6-14-33-29(35)25(21(5)26(17-31)30(33)36)16-23-18-34(24-10-8-7-9-11-24)32-28(23)22-12-13-27(20(4)15-22)37-19(2)3/h7-13,15-16,18-19H,6,14H2,1-5H3/b25-16+. The molecule has 0 atom stereocenters. The number of nitriles is 1. The quantitative estimate of drug-likeness (QED) is 0.313. The van der Waals surface area contributed by atoms with E-state index in [0.29, 0.717) is 28.8 Å². The smallest absolute Gasteiger partial charge is 0.271 e. The highest BCUT2D eigenvalue weighted by Gasteiger charge is 2.35. The van der Waals surface area contributed by atoms with E-state index in [2.05, 4.69) is 0 Å². The summed E-state index contributed by atoms with van der Waals surface area (Å²) in [4.78, 5) is 27.3. The van der Waals surface area contributed by atoms with Gasteiger partial charge in [-0.05, 0) is 81.7 Å². The van der Waals surface area contributed by atoms with Gasteiger partial charge < -0.3 is 4.74 Å². The minimum atomic E-state index is -0.541. The number of rotatable bonds is 7. The Labute approximate surface area is 217 Å². The summed E-state index contributed by atoms with van der Waals surface area (Å²) in [6, 6.07) is 17.6. The van der Waals surface area contributed by atoms with Crippen LogP contribution in [0.15, 0.2) is 71.4 Å². The number of hydrogen-bond acceptors (Lipinski definition) is 5. The molecule has 7 heteroatoms. The van der Waals surface area contributed by atoms with Gasteiger partial charge in [0.1, 0.15) is 17.4 Å². The lowest BCUT2D eigenvalue weighted by atomic mass is 9.93. The molecule has 0 spiro atoms. The van der Waals surface area contributed by atoms with Crippen LogP contribution in [0.25, 0.3) is 23.0 Å². The van der Waals surface area contributed by atoms with Crippen LogP contribution in [0.5, 0.6) is 5.75 Å². The molecule has 0 radical (unpaired) electrons. The molecule has 188 valence electrons. The van der Waals surface area contributed by atoms with Crippen molar-refractivity contribution in [2.24, 2.45) is 0 Å². The predicted octanol–water partition coefficient (Wildman–Crippen LogP) is 5.64. The van der Waals surface area contributed by atoms with Crippen molar-refractivity contribution >= 4 is 17.9 Å². The van der Waals surface area contributed by atoms with Crippen LogP contribution in [0.1, 0.15) is 45.2 Å². The molecule has 1 aromatic heterocycles. The highest BCUT2D eigenvalue weighted by atomic mass is 16.5. The van der Waals surface area contributed by atoms with E-state index >= 15 is 0 Å². The van der Waals surface area contributed by atoms with Crippen molar-refractivity contribution in [1.29, 1.82) is 5.26 Å². The largest absolute Gasteiger partial charge is 0.491 e. The summed E-state index contributed by atoms with van der Waals surface area (Å²) in [5.74, 6) is -0.144. The van der Waals surface area contributed by atoms with Crippen molar-refractivity contribution in [3.8, 4) is 28.8 Å². The molecule has 7 nitrogen and oxygen atoms in total. The summed E-state index contributed by atoms with van der Waals surface area (Å²) in [5.41, 5.74) is 4.75. The van der Waals surface area contributed by atoms with Crippen molar-refractivity contribution in [3.05, 3.63) is 82.6 Å². The highest BCUT2D eigenvalue weighted by molar-refractivity contribution is 6.19. The van der Waals surface area contributed by atoms with Gasteiger partial charge in [-0.2, -0.15) is 10.4 Å². The Morgan fingerprint density at radius 1 is 1.08 bits per heavy atom. The van der Waals surface area contributed by atoms with E-state index in [1.807, 2.05) is 88.5 Å². The second-order valence-corrected chi connectivity index (χ2v) is 9.29. The lowest BCUT2D eigenvalue weighted by molar-refractivity contribution is -0.140. The fourth-order valence-electron chi connectivity index (χ4n) is 4.33. The fourth-order valence-corrected chi connectivity index (χ4v) is 4.33. The van der Waals surface area contributed by atoms with E-state index in [1.165, 1.54) is 0 Å². The normalized spacial score (nSPS) is 15.1. The van der Waals surface area contributed by atoms with Crippen LogP contribution in [0.4, 0.5) is 0 Å². The first-order chi connectivity index (χ1) is 17.7. The number of carbonyl (C=O) groups is 2. The van der Waals surface area contributed by atoms with Crippen molar-refractivity contribution in [2.45, 2.75) is 47.1 Å². The summed E-state index contributed by atoms with van der Waals surface area (Å²) in [5, 5.41) is 14.5. The number of ether oxygens (including phenoxy) is 1. The molecule has 1 aliphatic rings. The van der Waals surface area contributed by atoms with Crippen LogP contribution in [-0.2, 0) is 9.59 Å². The van der Waals surface area contributed by atoms with Gasteiger partial charge in [0.2, 0.25) is 0 Å². The first-order valence-electron chi connectivity index (χ1n) is 12.4. The molecule has 0 unspecified atom stereocenters. The number of hydrogen-bond donors (Lipinski definition) is 0. The molecule has 0 saturated carbocycles. The second-order valence-electron chi connectivity index (χ2n) is 9.29. The molecule has 2 amide bonds. The lowest BCUT2D eigenvalue weighted by Gasteiger charge is -2.27. The van der Waals surface area contributed by atoms with E-state index in [1.54, 1.807) is 17.7 Å². The number of carbonyl (C=O) groups excluding carboxylic acids is 2. The summed E-state index contributed by atoms with van der Waals surface area (Å²) in [6.45, 7) is 9.74. The zero-order valence-corrected chi connectivity index (χ0v) is 21.8. The monoisotopic (exact) mass is 494 g/mol. The van der Waals surface area contributed by atoms with Crippen molar-refractivity contribution in [1.82, 2.24) is 14.7 Å². The molecular formula is C30H30N4O3. The van der Waals surface area contributed by atoms with Gasteiger partial charge in [-0.3, -0.25) is 14.5 Å². The van der Waals surface area contributed by atoms with Gasteiger partial charge >= 0.3 is 0 Å². The van der Waals surface area contributed by atoms with Crippen LogP contribution >= 0.6 is 0 Å². The van der Waals surface area contributed by atoms with E-state index in [9.17, 15) is 14.9 Å². The number of amides is 2. The molecule has 0 aliphatic carbocycles. The zero-order chi connectivity index (χ0) is 26.7. The Balaban J connectivity index is 1.90. The fraction of sp³-hybridized carbons (Fsp3) is 0.267. The average molecular weight is 495 g/mol. The third kappa shape index (κ3) is 5.10.